The van der Waals surface area contributed by atoms with Gasteiger partial charge in [-0.25, -0.2) is 4.79 Å². The SMILES string of the molecule is COc1cccc(N2CCN(C(=O)Nc3c(C)cc(C)cc3Cl)CC2)c1. The molecule has 5 nitrogen and oxygen atoms in total. The van der Waals surface area contributed by atoms with Crippen LogP contribution in [-0.4, -0.2) is 44.2 Å². The molecule has 2 amide bonds. The molecule has 1 heterocycles. The van der Waals surface area contributed by atoms with Crippen LogP contribution in [0.2, 0.25) is 5.02 Å². The Hall–Kier alpha value is -2.40. The molecular formula is C20H24ClN3O2. The van der Waals surface area contributed by atoms with Crippen molar-refractivity contribution >= 4 is 29.0 Å². The average Bonchev–Trinajstić information content (AvgIpc) is 2.64. The number of urea groups is 1. The number of piperazine rings is 1. The van der Waals surface area contributed by atoms with Gasteiger partial charge in [0.25, 0.3) is 0 Å². The number of rotatable bonds is 3. The van der Waals surface area contributed by atoms with Gasteiger partial charge in [0, 0.05) is 37.9 Å². The summed E-state index contributed by atoms with van der Waals surface area (Å²) >= 11 is 6.30. The molecule has 2 aromatic carbocycles. The molecule has 0 atom stereocenters. The Labute approximate surface area is 159 Å². The second-order valence-electron chi connectivity index (χ2n) is 6.54. The smallest absolute Gasteiger partial charge is 0.322 e. The van der Waals surface area contributed by atoms with Crippen molar-refractivity contribution in [3.8, 4) is 5.75 Å². The van der Waals surface area contributed by atoms with Crippen LogP contribution < -0.4 is 15.0 Å². The van der Waals surface area contributed by atoms with Crippen molar-refractivity contribution in [2.75, 3.05) is 43.5 Å². The van der Waals surface area contributed by atoms with Gasteiger partial charge in [0.15, 0.2) is 0 Å². The average molecular weight is 374 g/mol. The lowest BCUT2D eigenvalue weighted by Crippen LogP contribution is -2.50. The summed E-state index contributed by atoms with van der Waals surface area (Å²) in [7, 11) is 1.67. The summed E-state index contributed by atoms with van der Waals surface area (Å²) in [6.45, 7) is 6.82. The third kappa shape index (κ3) is 4.05. The number of carbonyl (C=O) groups is 1. The quantitative estimate of drug-likeness (QED) is 0.871. The lowest BCUT2D eigenvalue weighted by Gasteiger charge is -2.36. The van der Waals surface area contributed by atoms with Gasteiger partial charge in [0.05, 0.1) is 17.8 Å². The molecular weight excluding hydrogens is 350 g/mol. The van der Waals surface area contributed by atoms with Crippen LogP contribution in [0.3, 0.4) is 0 Å². The molecule has 1 fully saturated rings. The molecule has 26 heavy (non-hydrogen) atoms. The molecule has 6 heteroatoms. The molecule has 1 saturated heterocycles. The Morgan fingerprint density at radius 3 is 2.50 bits per heavy atom. The predicted molar refractivity (Wildman–Crippen MR) is 107 cm³/mol. The minimum atomic E-state index is -0.107. The molecule has 0 unspecified atom stereocenters. The largest absolute Gasteiger partial charge is 0.497 e. The molecule has 1 aliphatic heterocycles. The Morgan fingerprint density at radius 1 is 1.12 bits per heavy atom. The number of hydrogen-bond acceptors (Lipinski definition) is 3. The third-order valence-corrected chi connectivity index (χ3v) is 4.95. The molecule has 0 spiro atoms. The van der Waals surface area contributed by atoms with Gasteiger partial charge < -0.3 is 19.9 Å². The van der Waals surface area contributed by atoms with Crippen LogP contribution in [0.15, 0.2) is 36.4 Å². The second kappa shape index (κ2) is 7.87. The van der Waals surface area contributed by atoms with Crippen molar-refractivity contribution in [2.24, 2.45) is 0 Å². The Balaban J connectivity index is 1.62. The van der Waals surface area contributed by atoms with Crippen LogP contribution >= 0.6 is 11.6 Å². The summed E-state index contributed by atoms with van der Waals surface area (Å²) in [4.78, 5) is 16.7. The van der Waals surface area contributed by atoms with Crippen molar-refractivity contribution in [1.82, 2.24) is 4.90 Å². The van der Waals surface area contributed by atoms with Crippen molar-refractivity contribution in [1.29, 1.82) is 0 Å². The Bertz CT molecular complexity index is 778. The summed E-state index contributed by atoms with van der Waals surface area (Å²) in [5, 5.41) is 3.54. The molecule has 3 rings (SSSR count). The maximum absolute atomic E-state index is 12.6. The molecule has 1 N–H and O–H groups in total. The number of aryl methyl sites for hydroxylation is 2. The molecule has 0 aromatic heterocycles. The van der Waals surface area contributed by atoms with Crippen molar-refractivity contribution in [2.45, 2.75) is 13.8 Å². The van der Waals surface area contributed by atoms with E-state index in [-0.39, 0.29) is 6.03 Å². The molecule has 0 aliphatic carbocycles. The lowest BCUT2D eigenvalue weighted by molar-refractivity contribution is 0.208. The minimum absolute atomic E-state index is 0.107. The monoisotopic (exact) mass is 373 g/mol. The lowest BCUT2D eigenvalue weighted by atomic mass is 10.1. The van der Waals surface area contributed by atoms with E-state index in [2.05, 4.69) is 16.3 Å². The minimum Gasteiger partial charge on any atom is -0.497 e. The first-order valence-electron chi connectivity index (χ1n) is 8.69. The molecule has 1 aliphatic rings. The first kappa shape index (κ1) is 18.4. The number of hydrogen-bond donors (Lipinski definition) is 1. The van der Waals surface area contributed by atoms with E-state index in [9.17, 15) is 4.79 Å². The Morgan fingerprint density at radius 2 is 1.85 bits per heavy atom. The van der Waals surface area contributed by atoms with Gasteiger partial charge in [0.1, 0.15) is 5.75 Å². The van der Waals surface area contributed by atoms with E-state index >= 15 is 0 Å². The maximum Gasteiger partial charge on any atom is 0.322 e. The van der Waals surface area contributed by atoms with Gasteiger partial charge >= 0.3 is 6.03 Å². The highest BCUT2D eigenvalue weighted by Gasteiger charge is 2.22. The van der Waals surface area contributed by atoms with Gasteiger partial charge in [-0.3, -0.25) is 0 Å². The summed E-state index contributed by atoms with van der Waals surface area (Å²) in [5.41, 5.74) is 3.86. The van der Waals surface area contributed by atoms with E-state index in [1.165, 1.54) is 0 Å². The zero-order valence-electron chi connectivity index (χ0n) is 15.4. The normalized spacial score (nSPS) is 14.3. The maximum atomic E-state index is 12.6. The zero-order valence-corrected chi connectivity index (χ0v) is 16.1. The number of amides is 2. The number of benzene rings is 2. The van der Waals surface area contributed by atoms with Gasteiger partial charge in [-0.1, -0.05) is 23.7 Å². The number of halogens is 1. The number of anilines is 2. The summed E-state index contributed by atoms with van der Waals surface area (Å²) in [6.07, 6.45) is 0. The fourth-order valence-corrected chi connectivity index (χ4v) is 3.60. The third-order valence-electron chi connectivity index (χ3n) is 4.65. The number of carbonyl (C=O) groups excluding carboxylic acids is 1. The molecule has 0 radical (unpaired) electrons. The van der Waals surface area contributed by atoms with E-state index in [0.717, 1.165) is 35.7 Å². The van der Waals surface area contributed by atoms with Crippen LogP contribution in [0.25, 0.3) is 0 Å². The highest BCUT2D eigenvalue weighted by Crippen LogP contribution is 2.28. The Kier molecular flexibility index (Phi) is 5.57. The first-order valence-corrected chi connectivity index (χ1v) is 9.07. The second-order valence-corrected chi connectivity index (χ2v) is 6.95. The highest BCUT2D eigenvalue weighted by atomic mass is 35.5. The van der Waals surface area contributed by atoms with Gasteiger partial charge in [-0.15, -0.1) is 0 Å². The number of nitrogens with one attached hydrogen (secondary N) is 1. The van der Waals surface area contributed by atoms with Crippen LogP contribution in [0.1, 0.15) is 11.1 Å². The van der Waals surface area contributed by atoms with Crippen LogP contribution in [-0.2, 0) is 0 Å². The van der Waals surface area contributed by atoms with Crippen molar-refractivity contribution in [3.63, 3.8) is 0 Å². The summed E-state index contributed by atoms with van der Waals surface area (Å²) < 4.78 is 5.29. The van der Waals surface area contributed by atoms with Crippen LogP contribution in [0.5, 0.6) is 5.75 Å². The fraction of sp³-hybridized carbons (Fsp3) is 0.350. The van der Waals surface area contributed by atoms with E-state index in [0.29, 0.717) is 23.8 Å². The highest BCUT2D eigenvalue weighted by molar-refractivity contribution is 6.34. The first-order chi connectivity index (χ1) is 12.5. The van der Waals surface area contributed by atoms with E-state index < -0.39 is 0 Å². The van der Waals surface area contributed by atoms with Gasteiger partial charge in [-0.05, 0) is 43.2 Å². The molecule has 2 aromatic rings. The van der Waals surface area contributed by atoms with Gasteiger partial charge in [-0.2, -0.15) is 0 Å². The summed E-state index contributed by atoms with van der Waals surface area (Å²) in [6, 6.07) is 11.8. The van der Waals surface area contributed by atoms with Crippen LogP contribution in [0, 0.1) is 13.8 Å². The van der Waals surface area contributed by atoms with E-state index in [4.69, 9.17) is 16.3 Å². The van der Waals surface area contributed by atoms with Gasteiger partial charge in [0.2, 0.25) is 0 Å². The standard InChI is InChI=1S/C20H24ClN3O2/c1-14-11-15(2)19(18(21)12-14)22-20(25)24-9-7-23(8-10-24)16-5-4-6-17(13-16)26-3/h4-6,11-13H,7-10H2,1-3H3,(H,22,25). The number of nitrogens with zero attached hydrogens (tertiary/aromatic N) is 2. The van der Waals surface area contributed by atoms with Crippen molar-refractivity contribution in [3.05, 3.63) is 52.5 Å². The van der Waals surface area contributed by atoms with Crippen molar-refractivity contribution < 1.29 is 9.53 Å². The summed E-state index contributed by atoms with van der Waals surface area (Å²) in [5.74, 6) is 0.840. The number of methoxy groups -OCH3 is 1. The van der Waals surface area contributed by atoms with E-state index in [1.54, 1.807) is 7.11 Å². The molecule has 0 saturated carbocycles. The fourth-order valence-electron chi connectivity index (χ4n) is 3.23. The number of ether oxygens (including phenoxy) is 1. The topological polar surface area (TPSA) is 44.8 Å². The van der Waals surface area contributed by atoms with E-state index in [1.807, 2.05) is 49.1 Å². The molecule has 0 bridgehead atoms. The van der Waals surface area contributed by atoms with Crippen LogP contribution in [0.4, 0.5) is 16.2 Å². The molecule has 138 valence electrons. The predicted octanol–water partition coefficient (Wildman–Crippen LogP) is 4.32. The zero-order chi connectivity index (χ0) is 18.7.